The first-order valence-corrected chi connectivity index (χ1v) is 9.50. The van der Waals surface area contributed by atoms with Crippen molar-refractivity contribution in [1.82, 2.24) is 14.9 Å². The molecule has 150 valence electrons. The summed E-state index contributed by atoms with van der Waals surface area (Å²) in [7, 11) is 0. The summed E-state index contributed by atoms with van der Waals surface area (Å²) >= 11 is 5.52. The van der Waals surface area contributed by atoms with Crippen molar-refractivity contribution >= 4 is 39.7 Å². The molecule has 0 bridgehead atoms. The molecular weight excluding hydrogens is 399 g/mol. The number of nitrogens with zero attached hydrogens (tertiary/aromatic N) is 4. The van der Waals surface area contributed by atoms with Gasteiger partial charge in [-0.2, -0.15) is 13.2 Å². The quantitative estimate of drug-likeness (QED) is 0.632. The lowest BCUT2D eigenvalue weighted by molar-refractivity contribution is -0.137. The Bertz CT molecular complexity index is 1030. The second-order valence-electron chi connectivity index (χ2n) is 6.69. The number of fused-ring (bicyclic) bond motifs is 1. The lowest BCUT2D eigenvalue weighted by atomic mass is 10.1. The van der Waals surface area contributed by atoms with Gasteiger partial charge in [0.1, 0.15) is 5.52 Å². The average Bonchev–Trinajstić information content (AvgIpc) is 2.73. The minimum Gasteiger partial charge on any atom is -0.368 e. The molecule has 1 saturated heterocycles. The molecule has 0 atom stereocenters. The van der Waals surface area contributed by atoms with E-state index >= 15 is 0 Å². The number of aromatic nitrogens is 2. The maximum Gasteiger partial charge on any atom is 0.416 e. The molecule has 1 aliphatic heterocycles. The van der Waals surface area contributed by atoms with Crippen molar-refractivity contribution < 1.29 is 13.2 Å². The molecule has 1 aliphatic rings. The molecule has 4 rings (SSSR count). The van der Waals surface area contributed by atoms with E-state index in [2.05, 4.69) is 15.3 Å². The van der Waals surface area contributed by atoms with Crippen LogP contribution in [0.15, 0.2) is 54.9 Å². The SMILES string of the molecule is FC(F)(F)c1cccc(N2CCN(C(=S)Nc3nccc4cccnc34)CC2)c1. The summed E-state index contributed by atoms with van der Waals surface area (Å²) < 4.78 is 38.9. The summed E-state index contributed by atoms with van der Waals surface area (Å²) in [6, 6.07) is 11.1. The van der Waals surface area contributed by atoms with Crippen LogP contribution in [0, 0.1) is 0 Å². The Kier molecular flexibility index (Phi) is 5.23. The van der Waals surface area contributed by atoms with Gasteiger partial charge in [-0.3, -0.25) is 4.98 Å². The zero-order chi connectivity index (χ0) is 20.4. The highest BCUT2D eigenvalue weighted by Crippen LogP contribution is 2.32. The number of hydrogen-bond acceptors (Lipinski definition) is 4. The monoisotopic (exact) mass is 417 g/mol. The summed E-state index contributed by atoms with van der Waals surface area (Å²) in [5.74, 6) is 0.591. The number of nitrogens with one attached hydrogen (secondary N) is 1. The number of piperazine rings is 1. The van der Waals surface area contributed by atoms with Crippen molar-refractivity contribution in [1.29, 1.82) is 0 Å². The minimum atomic E-state index is -4.34. The molecule has 0 amide bonds. The van der Waals surface area contributed by atoms with Crippen molar-refractivity contribution in [3.8, 4) is 0 Å². The normalized spacial score (nSPS) is 14.9. The molecule has 1 N–H and O–H groups in total. The van der Waals surface area contributed by atoms with Crippen molar-refractivity contribution in [2.24, 2.45) is 0 Å². The van der Waals surface area contributed by atoms with E-state index in [-0.39, 0.29) is 0 Å². The number of alkyl halides is 3. The Morgan fingerprint density at radius 1 is 0.966 bits per heavy atom. The van der Waals surface area contributed by atoms with E-state index in [1.807, 2.05) is 28.0 Å². The lowest BCUT2D eigenvalue weighted by Crippen LogP contribution is -2.50. The largest absolute Gasteiger partial charge is 0.416 e. The van der Waals surface area contributed by atoms with Gasteiger partial charge in [-0.15, -0.1) is 0 Å². The van der Waals surface area contributed by atoms with Gasteiger partial charge in [0.2, 0.25) is 0 Å². The molecule has 3 heterocycles. The minimum absolute atomic E-state index is 0.527. The van der Waals surface area contributed by atoms with Gasteiger partial charge in [0.05, 0.1) is 5.56 Å². The van der Waals surface area contributed by atoms with E-state index in [0.717, 1.165) is 17.0 Å². The van der Waals surface area contributed by atoms with Gasteiger partial charge in [-0.25, -0.2) is 4.98 Å². The molecule has 0 radical (unpaired) electrons. The zero-order valence-electron chi connectivity index (χ0n) is 15.4. The number of pyridine rings is 2. The molecule has 0 aliphatic carbocycles. The molecule has 2 aromatic heterocycles. The van der Waals surface area contributed by atoms with Crippen LogP contribution in [0.1, 0.15) is 5.56 Å². The highest BCUT2D eigenvalue weighted by Gasteiger charge is 2.31. The van der Waals surface area contributed by atoms with Crippen LogP contribution in [0.5, 0.6) is 0 Å². The molecule has 0 unspecified atom stereocenters. The molecule has 9 heteroatoms. The number of rotatable bonds is 2. The van der Waals surface area contributed by atoms with Crippen LogP contribution in [-0.4, -0.2) is 46.2 Å². The van der Waals surface area contributed by atoms with Gasteiger partial charge in [0.25, 0.3) is 0 Å². The average molecular weight is 417 g/mol. The van der Waals surface area contributed by atoms with Gasteiger partial charge in [-0.05, 0) is 42.5 Å². The molecule has 5 nitrogen and oxygen atoms in total. The van der Waals surface area contributed by atoms with Crippen molar-refractivity contribution in [3.05, 3.63) is 60.4 Å². The van der Waals surface area contributed by atoms with Crippen molar-refractivity contribution in [3.63, 3.8) is 0 Å². The first kappa shape index (κ1) is 19.4. The third-order valence-electron chi connectivity index (χ3n) is 4.85. The fourth-order valence-electron chi connectivity index (χ4n) is 3.32. The Labute approximate surface area is 171 Å². The number of thiocarbonyl (C=S) groups is 1. The van der Waals surface area contributed by atoms with Crippen LogP contribution in [0.4, 0.5) is 24.7 Å². The molecule has 29 heavy (non-hydrogen) atoms. The summed E-state index contributed by atoms with van der Waals surface area (Å²) in [6.07, 6.45) is -0.949. The maximum atomic E-state index is 13.0. The Hall–Kier alpha value is -2.94. The molecule has 3 aromatic rings. The standard InChI is InChI=1S/C20H18F3N5S/c21-20(22,23)15-4-1-5-16(13-15)27-9-11-28(12-10-27)19(29)26-18-17-14(6-8-25-18)3-2-7-24-17/h1-8,13H,9-12H2,(H,25,26,29). The fraction of sp³-hybridized carbons (Fsp3) is 0.250. The Morgan fingerprint density at radius 2 is 1.76 bits per heavy atom. The number of hydrogen-bond donors (Lipinski definition) is 1. The predicted octanol–water partition coefficient (Wildman–Crippen LogP) is 4.17. The van der Waals surface area contributed by atoms with E-state index in [9.17, 15) is 13.2 Å². The van der Waals surface area contributed by atoms with Crippen LogP contribution < -0.4 is 10.2 Å². The van der Waals surface area contributed by atoms with E-state index in [1.54, 1.807) is 18.5 Å². The van der Waals surface area contributed by atoms with Gasteiger partial charge in [-0.1, -0.05) is 12.1 Å². The van der Waals surface area contributed by atoms with E-state index < -0.39 is 11.7 Å². The van der Waals surface area contributed by atoms with Crippen LogP contribution in [-0.2, 0) is 6.18 Å². The number of benzene rings is 1. The molecular formula is C20H18F3N5S. The highest BCUT2D eigenvalue weighted by molar-refractivity contribution is 7.80. The maximum absolute atomic E-state index is 13.0. The Morgan fingerprint density at radius 3 is 2.52 bits per heavy atom. The van der Waals surface area contributed by atoms with Crippen LogP contribution in [0.2, 0.25) is 0 Å². The second-order valence-corrected chi connectivity index (χ2v) is 7.07. The molecule has 1 fully saturated rings. The van der Waals surface area contributed by atoms with Crippen LogP contribution in [0.25, 0.3) is 10.9 Å². The van der Waals surface area contributed by atoms with Crippen molar-refractivity contribution in [2.75, 3.05) is 36.4 Å². The Balaban J connectivity index is 1.41. The van der Waals surface area contributed by atoms with Gasteiger partial charge >= 0.3 is 6.18 Å². The van der Waals surface area contributed by atoms with Gasteiger partial charge in [0.15, 0.2) is 10.9 Å². The molecule has 0 spiro atoms. The lowest BCUT2D eigenvalue weighted by Gasteiger charge is -2.37. The van der Waals surface area contributed by atoms with Crippen LogP contribution in [0.3, 0.4) is 0 Å². The first-order chi connectivity index (χ1) is 13.9. The third kappa shape index (κ3) is 4.24. The summed E-state index contributed by atoms with van der Waals surface area (Å²) in [5.41, 5.74) is 0.669. The first-order valence-electron chi connectivity index (χ1n) is 9.10. The molecule has 1 aromatic carbocycles. The number of halogens is 3. The smallest absolute Gasteiger partial charge is 0.368 e. The highest BCUT2D eigenvalue weighted by atomic mass is 32.1. The summed E-state index contributed by atoms with van der Waals surface area (Å²) in [5, 5.41) is 4.64. The van der Waals surface area contributed by atoms with Gasteiger partial charge in [0, 0.05) is 49.6 Å². The predicted molar refractivity (Wildman–Crippen MR) is 111 cm³/mol. The van der Waals surface area contributed by atoms with E-state index in [1.165, 1.54) is 12.1 Å². The van der Waals surface area contributed by atoms with E-state index in [4.69, 9.17) is 12.2 Å². The second kappa shape index (κ2) is 7.82. The summed E-state index contributed by atoms with van der Waals surface area (Å²) in [4.78, 5) is 12.6. The molecule has 0 saturated carbocycles. The fourth-order valence-corrected chi connectivity index (χ4v) is 3.60. The topological polar surface area (TPSA) is 44.3 Å². The number of anilines is 2. The van der Waals surface area contributed by atoms with Crippen molar-refractivity contribution in [2.45, 2.75) is 6.18 Å². The van der Waals surface area contributed by atoms with Crippen LogP contribution >= 0.6 is 12.2 Å². The summed E-state index contributed by atoms with van der Waals surface area (Å²) in [6.45, 7) is 2.34. The zero-order valence-corrected chi connectivity index (χ0v) is 16.2. The van der Waals surface area contributed by atoms with E-state index in [0.29, 0.717) is 42.8 Å². The van der Waals surface area contributed by atoms with Gasteiger partial charge < -0.3 is 15.1 Å². The third-order valence-corrected chi connectivity index (χ3v) is 5.21.